The first kappa shape index (κ1) is 30.8. The van der Waals surface area contributed by atoms with Crippen molar-refractivity contribution in [1.29, 1.82) is 0 Å². The van der Waals surface area contributed by atoms with Gasteiger partial charge < -0.3 is 4.42 Å². The third kappa shape index (κ3) is 4.61. The van der Waals surface area contributed by atoms with E-state index >= 15 is 0 Å². The predicted octanol–water partition coefficient (Wildman–Crippen LogP) is 13.7. The van der Waals surface area contributed by atoms with Gasteiger partial charge in [-0.1, -0.05) is 153 Å². The van der Waals surface area contributed by atoms with Crippen molar-refractivity contribution in [3.63, 3.8) is 0 Å². The normalized spacial score (nSPS) is 13.1. The average molecular weight is 691 g/mol. The number of fused-ring (bicyclic) bond motifs is 9. The van der Waals surface area contributed by atoms with Crippen LogP contribution in [0, 0.1) is 0 Å². The quantitative estimate of drug-likeness (QED) is 0.184. The van der Waals surface area contributed by atoms with Crippen LogP contribution in [0.3, 0.4) is 0 Å². The molecule has 54 heavy (non-hydrogen) atoms. The van der Waals surface area contributed by atoms with E-state index < -0.39 is 0 Å². The molecule has 0 amide bonds. The molecule has 0 saturated heterocycles. The number of furan rings is 1. The standard InChI is InChI=1S/C51H34N2O/c1-51(2)41-20-10-19-39(47(41)40-28-35-15-6-7-16-36(35)29-42(40)51)44-30-43(52-50(53-44)34-13-4-3-5-14-34)33-24-22-32(23-25-33)38-18-11-21-45-48(38)49-37-17-9-8-12-31(37)26-27-46(49)54-45/h3-30H,1-2H3. The van der Waals surface area contributed by atoms with Gasteiger partial charge in [-0.3, -0.25) is 0 Å². The number of hydrogen-bond donors (Lipinski definition) is 0. The second kappa shape index (κ2) is 11.6. The Morgan fingerprint density at radius 3 is 1.93 bits per heavy atom. The van der Waals surface area contributed by atoms with E-state index in [0.29, 0.717) is 5.82 Å². The smallest absolute Gasteiger partial charge is 0.160 e. The topological polar surface area (TPSA) is 38.9 Å². The molecule has 0 radical (unpaired) electrons. The van der Waals surface area contributed by atoms with Crippen molar-refractivity contribution < 1.29 is 4.42 Å². The summed E-state index contributed by atoms with van der Waals surface area (Å²) in [4.78, 5) is 10.5. The number of hydrogen-bond acceptors (Lipinski definition) is 3. The van der Waals surface area contributed by atoms with E-state index in [4.69, 9.17) is 14.4 Å². The van der Waals surface area contributed by atoms with E-state index in [1.165, 1.54) is 43.8 Å². The van der Waals surface area contributed by atoms with Crippen LogP contribution in [0.15, 0.2) is 174 Å². The molecule has 0 atom stereocenters. The molecular formula is C51H34N2O. The highest BCUT2D eigenvalue weighted by Crippen LogP contribution is 2.53. The lowest BCUT2D eigenvalue weighted by atomic mass is 9.81. The lowest BCUT2D eigenvalue weighted by Gasteiger charge is -2.22. The minimum Gasteiger partial charge on any atom is -0.456 e. The van der Waals surface area contributed by atoms with Crippen molar-refractivity contribution in [3.8, 4) is 56.2 Å². The molecule has 0 saturated carbocycles. The number of nitrogens with zero attached hydrogens (tertiary/aromatic N) is 2. The lowest BCUT2D eigenvalue weighted by Crippen LogP contribution is -2.14. The molecule has 10 aromatic rings. The highest BCUT2D eigenvalue weighted by Gasteiger charge is 2.37. The van der Waals surface area contributed by atoms with Gasteiger partial charge in [0.15, 0.2) is 5.82 Å². The molecule has 1 aliphatic rings. The Bertz CT molecular complexity index is 3120. The molecule has 11 rings (SSSR count). The Balaban J connectivity index is 1.08. The molecule has 254 valence electrons. The number of aromatic nitrogens is 2. The van der Waals surface area contributed by atoms with Gasteiger partial charge in [0.1, 0.15) is 11.2 Å². The minimum atomic E-state index is -0.145. The van der Waals surface area contributed by atoms with Crippen LogP contribution in [0.5, 0.6) is 0 Å². The van der Waals surface area contributed by atoms with E-state index in [-0.39, 0.29) is 5.41 Å². The highest BCUT2D eigenvalue weighted by atomic mass is 16.3. The molecule has 0 aliphatic heterocycles. The molecule has 3 nitrogen and oxygen atoms in total. The van der Waals surface area contributed by atoms with Gasteiger partial charge >= 0.3 is 0 Å². The van der Waals surface area contributed by atoms with Gasteiger partial charge in [-0.25, -0.2) is 9.97 Å². The lowest BCUT2D eigenvalue weighted by molar-refractivity contribution is 0.661. The van der Waals surface area contributed by atoms with Gasteiger partial charge in [0.05, 0.1) is 11.4 Å². The second-order valence-electron chi connectivity index (χ2n) is 14.9. The molecule has 0 unspecified atom stereocenters. The summed E-state index contributed by atoms with van der Waals surface area (Å²) >= 11 is 0. The van der Waals surface area contributed by atoms with Crippen molar-refractivity contribution in [3.05, 3.63) is 181 Å². The van der Waals surface area contributed by atoms with E-state index in [1.807, 2.05) is 18.2 Å². The Morgan fingerprint density at radius 2 is 1.09 bits per heavy atom. The second-order valence-corrected chi connectivity index (χ2v) is 14.9. The number of rotatable bonds is 4. The minimum absolute atomic E-state index is 0.145. The summed E-state index contributed by atoms with van der Waals surface area (Å²) < 4.78 is 6.40. The van der Waals surface area contributed by atoms with Crippen LogP contribution >= 0.6 is 0 Å². The van der Waals surface area contributed by atoms with Crippen LogP contribution in [0.4, 0.5) is 0 Å². The molecule has 3 heteroatoms. The molecule has 2 heterocycles. The summed E-state index contributed by atoms with van der Waals surface area (Å²) in [5, 5.41) is 7.21. The van der Waals surface area contributed by atoms with Crippen molar-refractivity contribution in [1.82, 2.24) is 9.97 Å². The van der Waals surface area contributed by atoms with Crippen LogP contribution in [-0.2, 0) is 5.41 Å². The van der Waals surface area contributed by atoms with E-state index in [9.17, 15) is 0 Å². The molecule has 8 aromatic carbocycles. The van der Waals surface area contributed by atoms with Gasteiger partial charge in [0.25, 0.3) is 0 Å². The summed E-state index contributed by atoms with van der Waals surface area (Å²) in [6, 6.07) is 60.5. The van der Waals surface area contributed by atoms with Crippen molar-refractivity contribution in [2.24, 2.45) is 0 Å². The zero-order valence-corrected chi connectivity index (χ0v) is 30.0. The van der Waals surface area contributed by atoms with Crippen LogP contribution in [0.1, 0.15) is 25.0 Å². The molecule has 0 N–H and O–H groups in total. The highest BCUT2D eigenvalue weighted by molar-refractivity contribution is 6.22. The monoisotopic (exact) mass is 690 g/mol. The van der Waals surface area contributed by atoms with Crippen LogP contribution in [-0.4, -0.2) is 9.97 Å². The van der Waals surface area contributed by atoms with Crippen molar-refractivity contribution in [2.75, 3.05) is 0 Å². The fourth-order valence-electron chi connectivity index (χ4n) is 8.78. The Hall–Kier alpha value is -6.84. The SMILES string of the molecule is CC1(C)c2cc3ccccc3cc2-c2c(-c3cc(-c4ccc(-c5cccc6oc7ccc8ccccc8c7c56)cc4)nc(-c4ccccc4)n3)cccc21. The van der Waals surface area contributed by atoms with Gasteiger partial charge in [0.2, 0.25) is 0 Å². The summed E-state index contributed by atoms with van der Waals surface area (Å²) in [6.07, 6.45) is 0. The zero-order chi connectivity index (χ0) is 36.0. The maximum absolute atomic E-state index is 6.40. The largest absolute Gasteiger partial charge is 0.456 e. The zero-order valence-electron chi connectivity index (χ0n) is 30.0. The van der Waals surface area contributed by atoms with Gasteiger partial charge in [-0.05, 0) is 85.3 Å². The van der Waals surface area contributed by atoms with Gasteiger partial charge in [-0.2, -0.15) is 0 Å². The van der Waals surface area contributed by atoms with Crippen molar-refractivity contribution in [2.45, 2.75) is 19.3 Å². The number of benzene rings is 8. The van der Waals surface area contributed by atoms with Gasteiger partial charge in [0, 0.05) is 32.9 Å². The fourth-order valence-corrected chi connectivity index (χ4v) is 8.78. The Morgan fingerprint density at radius 1 is 0.426 bits per heavy atom. The summed E-state index contributed by atoms with van der Waals surface area (Å²) in [5.74, 6) is 0.710. The summed E-state index contributed by atoms with van der Waals surface area (Å²) in [6.45, 7) is 4.68. The third-order valence-corrected chi connectivity index (χ3v) is 11.5. The first-order valence-corrected chi connectivity index (χ1v) is 18.6. The molecular weight excluding hydrogens is 657 g/mol. The molecule has 0 bridgehead atoms. The van der Waals surface area contributed by atoms with Gasteiger partial charge in [-0.15, -0.1) is 0 Å². The van der Waals surface area contributed by atoms with Crippen molar-refractivity contribution >= 4 is 43.5 Å². The molecule has 0 spiro atoms. The molecule has 2 aromatic heterocycles. The van der Waals surface area contributed by atoms with E-state index in [1.54, 1.807) is 0 Å². The molecule has 1 aliphatic carbocycles. The maximum Gasteiger partial charge on any atom is 0.160 e. The summed E-state index contributed by atoms with van der Waals surface area (Å²) in [7, 11) is 0. The Labute approximate surface area is 313 Å². The first-order valence-electron chi connectivity index (χ1n) is 18.6. The third-order valence-electron chi connectivity index (χ3n) is 11.5. The average Bonchev–Trinajstić information content (AvgIpc) is 3.72. The Kier molecular flexibility index (Phi) is 6.60. The summed E-state index contributed by atoms with van der Waals surface area (Å²) in [5.41, 5.74) is 14.1. The predicted molar refractivity (Wildman–Crippen MR) is 224 cm³/mol. The fraction of sp³-hybridized carbons (Fsp3) is 0.0588. The van der Waals surface area contributed by atoms with Crippen LogP contribution in [0.25, 0.3) is 99.6 Å². The van der Waals surface area contributed by atoms with Crippen LogP contribution < -0.4 is 0 Å². The van der Waals surface area contributed by atoms with E-state index in [2.05, 4.69) is 166 Å². The maximum atomic E-state index is 6.40. The van der Waals surface area contributed by atoms with Crippen LogP contribution in [0.2, 0.25) is 0 Å². The first-order chi connectivity index (χ1) is 26.5. The molecule has 0 fully saturated rings. The van der Waals surface area contributed by atoms with E-state index in [0.717, 1.165) is 61.1 Å².